The summed E-state index contributed by atoms with van der Waals surface area (Å²) >= 11 is 8.05. The van der Waals surface area contributed by atoms with Gasteiger partial charge in [-0.1, -0.05) is 11.6 Å². The number of benzene rings is 1. The van der Waals surface area contributed by atoms with E-state index in [0.717, 1.165) is 16.4 Å². The average Bonchev–Trinajstić information content (AvgIpc) is 3.11. The predicted octanol–water partition coefficient (Wildman–Crippen LogP) is 2.54. The van der Waals surface area contributed by atoms with Crippen molar-refractivity contribution in [2.45, 2.75) is 18.4 Å². The Morgan fingerprint density at radius 3 is 2.72 bits per heavy atom. The molecule has 0 radical (unpaired) electrons. The highest BCUT2D eigenvalue weighted by molar-refractivity contribution is 14.1. The van der Waals surface area contributed by atoms with Crippen LogP contribution in [0.2, 0.25) is 5.02 Å². The van der Waals surface area contributed by atoms with Gasteiger partial charge in [-0.3, -0.25) is 4.79 Å². The summed E-state index contributed by atoms with van der Waals surface area (Å²) in [6.07, 6.45) is 2.18. The van der Waals surface area contributed by atoms with Crippen LogP contribution in [0.1, 0.15) is 23.2 Å². The Hall–Kier alpha value is -0.330. The minimum atomic E-state index is -0.625. The molecule has 1 saturated carbocycles. The van der Waals surface area contributed by atoms with Gasteiger partial charge in [0, 0.05) is 8.59 Å². The molecule has 3 nitrogen and oxygen atoms in total. The Labute approximate surface area is 124 Å². The summed E-state index contributed by atoms with van der Waals surface area (Å²) in [5, 5.41) is 10.8. The quantitative estimate of drug-likeness (QED) is 0.805. The number of rotatable bonds is 2. The highest BCUT2D eigenvalue weighted by Gasteiger charge is 2.53. The molecule has 1 aliphatic carbocycles. The van der Waals surface area contributed by atoms with E-state index in [2.05, 4.69) is 22.6 Å². The van der Waals surface area contributed by atoms with Crippen molar-refractivity contribution in [3.05, 3.63) is 32.4 Å². The van der Waals surface area contributed by atoms with Gasteiger partial charge in [-0.05, 0) is 59.5 Å². The molecule has 1 N–H and O–H groups in total. The van der Waals surface area contributed by atoms with Crippen LogP contribution in [0.3, 0.4) is 0 Å². The maximum Gasteiger partial charge on any atom is 0.255 e. The van der Waals surface area contributed by atoms with E-state index in [1.807, 2.05) is 6.07 Å². The summed E-state index contributed by atoms with van der Waals surface area (Å²) in [6.45, 7) is 0.915. The number of halogens is 2. The number of likely N-dealkylation sites (tertiary alicyclic amines) is 1. The SMILES string of the molecule is O=C(c1cc(Cl)ccc1I)N1CC(O)(C2CC2)C1. The standard InChI is InChI=1S/C13H13ClINO2/c14-9-3-4-11(15)10(5-9)12(17)16-6-13(18,7-16)8-1-2-8/h3-5,8,18H,1-2,6-7H2. The summed E-state index contributed by atoms with van der Waals surface area (Å²) in [4.78, 5) is 14.0. The molecule has 5 heteroatoms. The molecule has 1 aliphatic heterocycles. The second-order valence-electron chi connectivity index (χ2n) is 5.16. The molecule has 1 aromatic rings. The molecule has 2 aliphatic rings. The van der Waals surface area contributed by atoms with E-state index in [-0.39, 0.29) is 5.91 Å². The maximum absolute atomic E-state index is 12.3. The van der Waals surface area contributed by atoms with Gasteiger partial charge < -0.3 is 10.0 Å². The van der Waals surface area contributed by atoms with Gasteiger partial charge in [0.15, 0.2) is 0 Å². The Bertz CT molecular complexity index is 510. The van der Waals surface area contributed by atoms with Gasteiger partial charge in [-0.25, -0.2) is 0 Å². The molecule has 0 bridgehead atoms. The number of carbonyl (C=O) groups excluding carboxylic acids is 1. The minimum absolute atomic E-state index is 0.0350. The molecule has 1 heterocycles. The van der Waals surface area contributed by atoms with Crippen LogP contribution in [0.25, 0.3) is 0 Å². The lowest BCUT2D eigenvalue weighted by Gasteiger charge is -2.47. The summed E-state index contributed by atoms with van der Waals surface area (Å²) in [5.41, 5.74) is 0.000551. The topological polar surface area (TPSA) is 40.5 Å². The van der Waals surface area contributed by atoms with Crippen LogP contribution in [0.5, 0.6) is 0 Å². The lowest BCUT2D eigenvalue weighted by molar-refractivity contribution is -0.0958. The molecule has 1 saturated heterocycles. The number of aliphatic hydroxyl groups is 1. The van der Waals surface area contributed by atoms with Crippen molar-refractivity contribution < 1.29 is 9.90 Å². The third kappa shape index (κ3) is 2.14. The van der Waals surface area contributed by atoms with Crippen molar-refractivity contribution in [1.29, 1.82) is 0 Å². The fourth-order valence-electron chi connectivity index (χ4n) is 2.47. The van der Waals surface area contributed by atoms with Crippen molar-refractivity contribution >= 4 is 40.1 Å². The van der Waals surface area contributed by atoms with E-state index in [4.69, 9.17) is 11.6 Å². The second-order valence-corrected chi connectivity index (χ2v) is 6.76. The number of amides is 1. The molecule has 3 rings (SSSR count). The summed E-state index contributed by atoms with van der Waals surface area (Å²) in [6, 6.07) is 5.31. The lowest BCUT2D eigenvalue weighted by Crippen LogP contribution is -2.64. The van der Waals surface area contributed by atoms with Crippen LogP contribution in [-0.4, -0.2) is 34.6 Å². The molecule has 96 valence electrons. The first-order valence-electron chi connectivity index (χ1n) is 5.96. The van der Waals surface area contributed by atoms with Crippen molar-refractivity contribution in [3.8, 4) is 0 Å². The maximum atomic E-state index is 12.3. The number of nitrogens with zero attached hydrogens (tertiary/aromatic N) is 1. The van der Waals surface area contributed by atoms with Crippen molar-refractivity contribution in [2.75, 3.05) is 13.1 Å². The fraction of sp³-hybridized carbons (Fsp3) is 0.462. The zero-order valence-electron chi connectivity index (χ0n) is 9.70. The van der Waals surface area contributed by atoms with E-state index in [1.165, 1.54) is 0 Å². The van der Waals surface area contributed by atoms with Crippen molar-refractivity contribution in [2.24, 2.45) is 5.92 Å². The average molecular weight is 378 g/mol. The normalized spacial score (nSPS) is 21.6. The molecule has 1 amide bonds. The zero-order chi connectivity index (χ0) is 12.9. The zero-order valence-corrected chi connectivity index (χ0v) is 12.6. The Morgan fingerprint density at radius 2 is 2.11 bits per heavy atom. The molecule has 0 aromatic heterocycles. The van der Waals surface area contributed by atoms with Gasteiger partial charge in [0.25, 0.3) is 5.91 Å². The minimum Gasteiger partial charge on any atom is -0.386 e. The fourth-order valence-corrected chi connectivity index (χ4v) is 3.21. The molecular formula is C13H13ClINO2. The first-order valence-corrected chi connectivity index (χ1v) is 7.42. The number of β-amino-alcohol motifs (C(OH)–C–C–N with tert-alkyl or cyclic N) is 1. The van der Waals surface area contributed by atoms with E-state index < -0.39 is 5.60 Å². The van der Waals surface area contributed by atoms with Gasteiger partial charge >= 0.3 is 0 Å². The van der Waals surface area contributed by atoms with Crippen LogP contribution in [0, 0.1) is 9.49 Å². The van der Waals surface area contributed by atoms with Crippen molar-refractivity contribution in [3.63, 3.8) is 0 Å². The third-order valence-electron chi connectivity index (χ3n) is 3.71. The van der Waals surface area contributed by atoms with Gasteiger partial charge in [0.05, 0.1) is 18.7 Å². The van der Waals surface area contributed by atoms with E-state index >= 15 is 0 Å². The number of hydrogen-bond acceptors (Lipinski definition) is 2. The van der Waals surface area contributed by atoms with E-state index in [1.54, 1.807) is 17.0 Å². The molecule has 1 aromatic carbocycles. The molecule has 0 spiro atoms. The van der Waals surface area contributed by atoms with E-state index in [0.29, 0.717) is 29.6 Å². The second kappa shape index (κ2) is 4.35. The van der Waals surface area contributed by atoms with Gasteiger partial charge in [-0.2, -0.15) is 0 Å². The molecular weight excluding hydrogens is 365 g/mol. The van der Waals surface area contributed by atoms with Crippen LogP contribution in [0.4, 0.5) is 0 Å². The van der Waals surface area contributed by atoms with E-state index in [9.17, 15) is 9.90 Å². The van der Waals surface area contributed by atoms with Crippen LogP contribution >= 0.6 is 34.2 Å². The van der Waals surface area contributed by atoms with Gasteiger partial charge in [-0.15, -0.1) is 0 Å². The molecule has 0 atom stereocenters. The first-order chi connectivity index (χ1) is 8.49. The summed E-state index contributed by atoms with van der Waals surface area (Å²) < 4.78 is 0.892. The van der Waals surface area contributed by atoms with Crippen LogP contribution in [0.15, 0.2) is 18.2 Å². The molecule has 2 fully saturated rings. The summed E-state index contributed by atoms with van der Waals surface area (Å²) in [5.74, 6) is 0.368. The number of carbonyl (C=O) groups is 1. The lowest BCUT2D eigenvalue weighted by atomic mass is 9.88. The highest BCUT2D eigenvalue weighted by Crippen LogP contribution is 2.44. The molecule has 0 unspecified atom stereocenters. The first kappa shape index (κ1) is 12.7. The van der Waals surface area contributed by atoms with Crippen LogP contribution in [-0.2, 0) is 0 Å². The highest BCUT2D eigenvalue weighted by atomic mass is 127. The number of hydrogen-bond donors (Lipinski definition) is 1. The monoisotopic (exact) mass is 377 g/mol. The largest absolute Gasteiger partial charge is 0.386 e. The smallest absolute Gasteiger partial charge is 0.255 e. The van der Waals surface area contributed by atoms with Crippen molar-refractivity contribution in [1.82, 2.24) is 4.90 Å². The Balaban J connectivity index is 1.74. The van der Waals surface area contributed by atoms with Gasteiger partial charge in [0.2, 0.25) is 0 Å². The predicted molar refractivity (Wildman–Crippen MR) is 77.7 cm³/mol. The molecule has 18 heavy (non-hydrogen) atoms. The Morgan fingerprint density at radius 1 is 1.44 bits per heavy atom. The van der Waals surface area contributed by atoms with Gasteiger partial charge in [0.1, 0.15) is 5.60 Å². The third-order valence-corrected chi connectivity index (χ3v) is 4.89. The summed E-state index contributed by atoms with van der Waals surface area (Å²) in [7, 11) is 0. The Kier molecular flexibility index (Phi) is 3.07. The van der Waals surface area contributed by atoms with Crippen LogP contribution < -0.4 is 0 Å².